The number of carbonyl (C=O) groups is 2. The van der Waals surface area contributed by atoms with Crippen molar-refractivity contribution in [1.29, 1.82) is 0 Å². The fourth-order valence-corrected chi connectivity index (χ4v) is 5.45. The number of piperazine rings is 1. The summed E-state index contributed by atoms with van der Waals surface area (Å²) in [6.45, 7) is 4.80. The predicted octanol–water partition coefficient (Wildman–Crippen LogP) is 3.51. The highest BCUT2D eigenvalue weighted by atomic mass is 32.1. The minimum absolute atomic E-state index is 0.177. The van der Waals surface area contributed by atoms with Crippen molar-refractivity contribution in [3.63, 3.8) is 0 Å². The number of imide groups is 1. The lowest BCUT2D eigenvalue weighted by Gasteiger charge is -2.36. The summed E-state index contributed by atoms with van der Waals surface area (Å²) in [5.41, 5.74) is 0.746. The monoisotopic (exact) mass is 460 g/mol. The molecule has 2 saturated heterocycles. The third-order valence-corrected chi connectivity index (χ3v) is 7.38. The van der Waals surface area contributed by atoms with Gasteiger partial charge in [0, 0.05) is 44.0 Å². The van der Waals surface area contributed by atoms with Crippen molar-refractivity contribution in [3.8, 4) is 0 Å². The normalized spacial score (nSPS) is 22.0. The second-order valence-corrected chi connectivity index (χ2v) is 9.74. The SMILES string of the molecule is O=C1NC(Cc2ccccc2)(c2ccccc2)C(=O)N1CN1CCN(Cc2cccs2)CC1. The second kappa shape index (κ2) is 9.47. The van der Waals surface area contributed by atoms with E-state index >= 15 is 0 Å². The molecule has 33 heavy (non-hydrogen) atoms. The number of nitrogens with one attached hydrogen (secondary N) is 1. The van der Waals surface area contributed by atoms with Crippen molar-refractivity contribution in [2.24, 2.45) is 0 Å². The van der Waals surface area contributed by atoms with E-state index in [1.165, 1.54) is 9.78 Å². The Morgan fingerprint density at radius 2 is 1.48 bits per heavy atom. The zero-order valence-corrected chi connectivity index (χ0v) is 19.3. The van der Waals surface area contributed by atoms with Gasteiger partial charge >= 0.3 is 6.03 Å². The number of hydrogen-bond acceptors (Lipinski definition) is 5. The molecule has 0 bridgehead atoms. The lowest BCUT2D eigenvalue weighted by Crippen LogP contribution is -2.51. The van der Waals surface area contributed by atoms with E-state index in [1.54, 1.807) is 11.3 Å². The molecule has 6 nitrogen and oxygen atoms in total. The Balaban J connectivity index is 1.30. The van der Waals surface area contributed by atoms with Crippen molar-refractivity contribution in [2.45, 2.75) is 18.5 Å². The van der Waals surface area contributed by atoms with Crippen molar-refractivity contribution in [3.05, 3.63) is 94.2 Å². The first kappa shape index (κ1) is 21.8. The minimum Gasteiger partial charge on any atom is -0.319 e. The van der Waals surface area contributed by atoms with Gasteiger partial charge < -0.3 is 5.32 Å². The van der Waals surface area contributed by atoms with Crippen LogP contribution in [-0.2, 0) is 23.3 Å². The average Bonchev–Trinajstić information content (AvgIpc) is 3.44. The van der Waals surface area contributed by atoms with Crippen LogP contribution in [0.5, 0.6) is 0 Å². The number of hydrogen-bond donors (Lipinski definition) is 1. The van der Waals surface area contributed by atoms with Crippen LogP contribution in [0.25, 0.3) is 0 Å². The molecule has 2 aliphatic rings. The summed E-state index contributed by atoms with van der Waals surface area (Å²) in [6, 6.07) is 23.4. The van der Waals surface area contributed by atoms with Gasteiger partial charge in [-0.1, -0.05) is 66.7 Å². The Morgan fingerprint density at radius 1 is 0.818 bits per heavy atom. The van der Waals surface area contributed by atoms with Crippen molar-refractivity contribution >= 4 is 23.3 Å². The number of nitrogens with zero attached hydrogens (tertiary/aromatic N) is 3. The summed E-state index contributed by atoms with van der Waals surface area (Å²) >= 11 is 1.78. The molecule has 1 unspecified atom stereocenters. The van der Waals surface area contributed by atoms with E-state index in [2.05, 4.69) is 32.6 Å². The topological polar surface area (TPSA) is 55.9 Å². The quantitative estimate of drug-likeness (QED) is 0.549. The standard InChI is InChI=1S/C26H28N4O2S/c31-24-26(22-10-5-2-6-11-22,18-21-8-3-1-4-9-21)27-25(32)30(24)20-29-15-13-28(14-16-29)19-23-12-7-17-33-23/h1-12,17H,13-16,18-20H2,(H,27,32). The third kappa shape index (κ3) is 4.57. The lowest BCUT2D eigenvalue weighted by atomic mass is 9.83. The zero-order valence-electron chi connectivity index (χ0n) is 18.5. The van der Waals surface area contributed by atoms with Gasteiger partial charge in [0.1, 0.15) is 0 Å². The van der Waals surface area contributed by atoms with E-state index < -0.39 is 5.54 Å². The molecule has 3 aromatic rings. The van der Waals surface area contributed by atoms with Crippen LogP contribution >= 0.6 is 11.3 Å². The number of rotatable bonds is 7. The average molecular weight is 461 g/mol. The Bertz CT molecular complexity index is 1080. The van der Waals surface area contributed by atoms with E-state index in [0.29, 0.717) is 13.1 Å². The summed E-state index contributed by atoms with van der Waals surface area (Å²) in [4.78, 5) is 34.3. The first-order chi connectivity index (χ1) is 16.1. The number of carbonyl (C=O) groups excluding carboxylic acids is 2. The molecule has 2 aliphatic heterocycles. The fraction of sp³-hybridized carbons (Fsp3) is 0.308. The maximum absolute atomic E-state index is 13.8. The van der Waals surface area contributed by atoms with E-state index in [1.807, 2.05) is 60.7 Å². The van der Waals surface area contributed by atoms with Gasteiger partial charge in [0.25, 0.3) is 5.91 Å². The number of amides is 3. The molecule has 7 heteroatoms. The molecule has 3 amide bonds. The number of benzene rings is 2. The van der Waals surface area contributed by atoms with Crippen molar-refractivity contribution in [2.75, 3.05) is 32.8 Å². The predicted molar refractivity (Wildman–Crippen MR) is 130 cm³/mol. The molecule has 2 fully saturated rings. The van der Waals surface area contributed by atoms with E-state index in [9.17, 15) is 9.59 Å². The van der Waals surface area contributed by atoms with Gasteiger partial charge in [0.15, 0.2) is 5.54 Å². The minimum atomic E-state index is -1.08. The van der Waals surface area contributed by atoms with E-state index in [4.69, 9.17) is 0 Å². The number of urea groups is 1. The van der Waals surface area contributed by atoms with Crippen LogP contribution in [0, 0.1) is 0 Å². The first-order valence-electron chi connectivity index (χ1n) is 11.3. The molecule has 0 spiro atoms. The second-order valence-electron chi connectivity index (χ2n) is 8.71. The van der Waals surface area contributed by atoms with Gasteiger partial charge in [-0.05, 0) is 22.6 Å². The van der Waals surface area contributed by atoms with Crippen LogP contribution in [0.3, 0.4) is 0 Å². The first-order valence-corrected chi connectivity index (χ1v) is 12.2. The Morgan fingerprint density at radius 3 is 2.15 bits per heavy atom. The highest BCUT2D eigenvalue weighted by molar-refractivity contribution is 7.09. The fourth-order valence-electron chi connectivity index (χ4n) is 4.71. The number of thiophene rings is 1. The van der Waals surface area contributed by atoms with Crippen LogP contribution in [-0.4, -0.2) is 59.5 Å². The molecule has 1 aromatic heterocycles. The van der Waals surface area contributed by atoms with Crippen LogP contribution in [0.4, 0.5) is 4.79 Å². The van der Waals surface area contributed by atoms with Gasteiger partial charge in [-0.15, -0.1) is 11.3 Å². The van der Waals surface area contributed by atoms with Gasteiger partial charge in [-0.3, -0.25) is 14.6 Å². The summed E-state index contributed by atoms with van der Waals surface area (Å²) in [5.74, 6) is -0.177. The van der Waals surface area contributed by atoms with Crippen LogP contribution in [0.1, 0.15) is 16.0 Å². The summed E-state index contributed by atoms with van der Waals surface area (Å²) < 4.78 is 0. The molecule has 0 saturated carbocycles. The van der Waals surface area contributed by atoms with Crippen LogP contribution in [0.2, 0.25) is 0 Å². The van der Waals surface area contributed by atoms with Gasteiger partial charge in [-0.2, -0.15) is 0 Å². The molecular formula is C26H28N4O2S. The van der Waals surface area contributed by atoms with E-state index in [-0.39, 0.29) is 11.9 Å². The molecule has 5 rings (SSSR count). The lowest BCUT2D eigenvalue weighted by molar-refractivity contribution is -0.133. The Labute approximate surface area is 198 Å². The summed E-state index contributed by atoms with van der Waals surface area (Å²) in [5, 5.41) is 5.17. The molecule has 1 atom stereocenters. The largest absolute Gasteiger partial charge is 0.326 e. The van der Waals surface area contributed by atoms with Crippen molar-refractivity contribution < 1.29 is 9.59 Å². The maximum Gasteiger partial charge on any atom is 0.326 e. The third-order valence-electron chi connectivity index (χ3n) is 6.52. The summed E-state index contributed by atoms with van der Waals surface area (Å²) in [6.07, 6.45) is 0.424. The molecule has 3 heterocycles. The molecule has 0 aliphatic carbocycles. The van der Waals surface area contributed by atoms with Gasteiger partial charge in [0.05, 0.1) is 6.67 Å². The van der Waals surface area contributed by atoms with Crippen LogP contribution in [0.15, 0.2) is 78.2 Å². The molecular weight excluding hydrogens is 432 g/mol. The summed E-state index contributed by atoms with van der Waals surface area (Å²) in [7, 11) is 0. The highest BCUT2D eigenvalue weighted by Crippen LogP contribution is 2.33. The van der Waals surface area contributed by atoms with Crippen molar-refractivity contribution in [1.82, 2.24) is 20.0 Å². The van der Waals surface area contributed by atoms with Gasteiger partial charge in [0.2, 0.25) is 0 Å². The smallest absolute Gasteiger partial charge is 0.319 e. The highest BCUT2D eigenvalue weighted by Gasteiger charge is 2.52. The Kier molecular flexibility index (Phi) is 6.26. The van der Waals surface area contributed by atoms with Crippen LogP contribution < -0.4 is 5.32 Å². The zero-order chi connectivity index (χ0) is 22.7. The maximum atomic E-state index is 13.8. The molecule has 1 N–H and O–H groups in total. The molecule has 170 valence electrons. The molecule has 0 radical (unpaired) electrons. The Hall–Kier alpha value is -3.00. The molecule has 2 aromatic carbocycles. The van der Waals surface area contributed by atoms with E-state index in [0.717, 1.165) is 43.9 Å². The van der Waals surface area contributed by atoms with Gasteiger partial charge in [-0.25, -0.2) is 9.69 Å².